The van der Waals surface area contributed by atoms with Crippen LogP contribution in [0.25, 0.3) is 0 Å². The molecular formula is C32H35F3N2O7S. The van der Waals surface area contributed by atoms with Crippen LogP contribution in [0.2, 0.25) is 0 Å². The van der Waals surface area contributed by atoms with Crippen molar-refractivity contribution in [2.75, 3.05) is 43.6 Å². The lowest BCUT2D eigenvalue weighted by Crippen LogP contribution is -2.41. The molecule has 242 valence electrons. The number of hydrogen-bond acceptors (Lipinski definition) is 8. The fourth-order valence-corrected chi connectivity index (χ4v) is 6.14. The fraction of sp³-hybridized carbons (Fsp3) is 0.406. The van der Waals surface area contributed by atoms with Crippen molar-refractivity contribution in [2.24, 2.45) is 0 Å². The van der Waals surface area contributed by atoms with Crippen molar-refractivity contribution < 1.29 is 45.7 Å². The van der Waals surface area contributed by atoms with E-state index in [1.54, 1.807) is 43.3 Å². The molecule has 1 unspecified atom stereocenters. The van der Waals surface area contributed by atoms with Crippen LogP contribution < -0.4 is 15.0 Å². The zero-order chi connectivity index (χ0) is 32.2. The van der Waals surface area contributed by atoms with Crippen LogP contribution >= 0.6 is 0 Å². The van der Waals surface area contributed by atoms with E-state index in [2.05, 4.69) is 10.2 Å². The van der Waals surface area contributed by atoms with Gasteiger partial charge < -0.3 is 29.5 Å². The molecule has 2 saturated heterocycles. The average Bonchev–Trinajstić information content (AvgIpc) is 3.41. The van der Waals surface area contributed by atoms with Gasteiger partial charge in [-0.3, -0.25) is 4.79 Å². The maximum absolute atomic E-state index is 13.1. The van der Waals surface area contributed by atoms with Crippen molar-refractivity contribution >= 4 is 21.4 Å². The molecule has 2 aliphatic heterocycles. The zero-order valence-corrected chi connectivity index (χ0v) is 25.4. The van der Waals surface area contributed by atoms with Crippen molar-refractivity contribution in [3.05, 3.63) is 89.5 Å². The van der Waals surface area contributed by atoms with Gasteiger partial charge in [-0.1, -0.05) is 19.1 Å². The molecule has 3 atom stereocenters. The van der Waals surface area contributed by atoms with Gasteiger partial charge in [0.05, 0.1) is 61.3 Å². The summed E-state index contributed by atoms with van der Waals surface area (Å²) in [5, 5.41) is 12.7. The molecule has 2 fully saturated rings. The summed E-state index contributed by atoms with van der Waals surface area (Å²) in [7, 11) is -3.37. The lowest BCUT2D eigenvalue weighted by molar-refractivity contribution is -0.137. The number of aliphatic hydroxyl groups excluding tert-OH is 1. The molecule has 3 aromatic carbocycles. The monoisotopic (exact) mass is 648 g/mol. The minimum absolute atomic E-state index is 0.0134. The second kappa shape index (κ2) is 13.8. The Morgan fingerprint density at radius 2 is 1.69 bits per heavy atom. The first kappa shape index (κ1) is 32.7. The summed E-state index contributed by atoms with van der Waals surface area (Å²) in [5.74, 6) is -0.106. The Hall–Kier alpha value is -3.65. The van der Waals surface area contributed by atoms with E-state index < -0.39 is 33.5 Å². The summed E-state index contributed by atoms with van der Waals surface area (Å²) in [6.07, 6.45) is -4.14. The number of aliphatic hydroxyl groups is 1. The summed E-state index contributed by atoms with van der Waals surface area (Å²) < 4.78 is 80.4. The van der Waals surface area contributed by atoms with Crippen LogP contribution in [0.5, 0.6) is 5.75 Å². The lowest BCUT2D eigenvalue weighted by Gasteiger charge is -2.31. The van der Waals surface area contributed by atoms with Gasteiger partial charge in [0.2, 0.25) is 0 Å². The van der Waals surface area contributed by atoms with Crippen LogP contribution in [0.1, 0.15) is 40.9 Å². The SMILES string of the molecule is CCS(=O)(=O)c1ccc([C@H](CO)NC(=O)c2ccc(N3C[C@H](Oc4ccc(C(F)(F)F)cc4)CC3COC3COC3)cc2)cc1. The molecule has 0 radical (unpaired) electrons. The van der Waals surface area contributed by atoms with Crippen molar-refractivity contribution in [3.63, 3.8) is 0 Å². The van der Waals surface area contributed by atoms with E-state index in [9.17, 15) is 31.5 Å². The number of ether oxygens (including phenoxy) is 3. The molecule has 0 spiro atoms. The number of benzene rings is 3. The topological polar surface area (TPSA) is 114 Å². The van der Waals surface area contributed by atoms with E-state index >= 15 is 0 Å². The van der Waals surface area contributed by atoms with Crippen LogP contribution in [-0.2, 0) is 25.5 Å². The summed E-state index contributed by atoms with van der Waals surface area (Å²) >= 11 is 0. The normalized spacial score (nSPS) is 19.6. The van der Waals surface area contributed by atoms with Crippen molar-refractivity contribution in [2.45, 2.75) is 48.7 Å². The number of amides is 1. The highest BCUT2D eigenvalue weighted by Gasteiger charge is 2.36. The van der Waals surface area contributed by atoms with Gasteiger partial charge in [0.15, 0.2) is 9.84 Å². The highest BCUT2D eigenvalue weighted by molar-refractivity contribution is 7.91. The molecule has 3 aromatic rings. The molecule has 5 rings (SSSR count). The Bertz CT molecular complexity index is 1550. The number of halogens is 3. The summed E-state index contributed by atoms with van der Waals surface area (Å²) in [5.41, 5.74) is 0.994. The first-order chi connectivity index (χ1) is 21.5. The molecule has 45 heavy (non-hydrogen) atoms. The summed E-state index contributed by atoms with van der Waals surface area (Å²) in [6, 6.07) is 16.8. The Kier molecular flexibility index (Phi) is 10.0. The molecule has 1 amide bonds. The predicted octanol–water partition coefficient (Wildman–Crippen LogP) is 4.40. The average molecular weight is 649 g/mol. The van der Waals surface area contributed by atoms with Gasteiger partial charge in [-0.25, -0.2) is 8.42 Å². The van der Waals surface area contributed by atoms with Crippen LogP contribution in [-0.4, -0.2) is 76.4 Å². The third-order valence-corrected chi connectivity index (χ3v) is 9.71. The lowest BCUT2D eigenvalue weighted by atomic mass is 10.1. The minimum Gasteiger partial charge on any atom is -0.489 e. The maximum atomic E-state index is 13.1. The number of anilines is 1. The van der Waals surface area contributed by atoms with Gasteiger partial charge >= 0.3 is 6.18 Å². The van der Waals surface area contributed by atoms with Gasteiger partial charge in [0.1, 0.15) is 18.0 Å². The number of carbonyl (C=O) groups is 1. The molecule has 2 N–H and O–H groups in total. The molecule has 0 aliphatic carbocycles. The smallest absolute Gasteiger partial charge is 0.416 e. The standard InChI is InChI=1S/C32H35F3N2O7S/c1-2-45(40,41)29-13-5-21(6-14-29)30(17-38)36-31(39)22-3-9-24(10-4-22)37-16-27(15-25(37)18-43-28-19-42-20-28)44-26-11-7-23(8-12-26)32(33,34)35/h3-14,25,27-28,30,38H,2,15-20H2,1H3,(H,36,39)/t25?,27-,30+/m1/s1. The Morgan fingerprint density at radius 1 is 1.02 bits per heavy atom. The van der Waals surface area contributed by atoms with Crippen LogP contribution in [0, 0.1) is 0 Å². The fourth-order valence-electron chi connectivity index (χ4n) is 5.26. The highest BCUT2D eigenvalue weighted by Crippen LogP contribution is 2.33. The third kappa shape index (κ3) is 7.96. The molecule has 13 heteroatoms. The Balaban J connectivity index is 1.25. The molecule has 0 saturated carbocycles. The van der Waals surface area contributed by atoms with Gasteiger partial charge in [0.25, 0.3) is 5.91 Å². The van der Waals surface area contributed by atoms with Crippen LogP contribution in [0.3, 0.4) is 0 Å². The maximum Gasteiger partial charge on any atom is 0.416 e. The number of alkyl halides is 3. The molecule has 2 heterocycles. The van der Waals surface area contributed by atoms with Crippen LogP contribution in [0.15, 0.2) is 77.7 Å². The number of carbonyl (C=O) groups excluding carboxylic acids is 1. The first-order valence-electron chi connectivity index (χ1n) is 14.6. The number of nitrogens with one attached hydrogen (secondary N) is 1. The quantitative estimate of drug-likeness (QED) is 0.297. The Morgan fingerprint density at radius 3 is 2.24 bits per heavy atom. The number of sulfone groups is 1. The van der Waals surface area contributed by atoms with E-state index in [0.717, 1.165) is 17.8 Å². The molecule has 9 nitrogen and oxygen atoms in total. The molecule has 0 aromatic heterocycles. The van der Waals surface area contributed by atoms with Crippen LogP contribution in [0.4, 0.5) is 18.9 Å². The highest BCUT2D eigenvalue weighted by atomic mass is 32.2. The number of hydrogen-bond donors (Lipinski definition) is 2. The molecular weight excluding hydrogens is 613 g/mol. The van der Waals surface area contributed by atoms with Gasteiger partial charge in [-0.15, -0.1) is 0 Å². The minimum atomic E-state index is -4.43. The summed E-state index contributed by atoms with van der Waals surface area (Å²) in [6.45, 7) is 3.09. The Labute approximate surface area is 259 Å². The van der Waals surface area contributed by atoms with E-state index in [1.165, 1.54) is 24.3 Å². The van der Waals surface area contributed by atoms with Crippen molar-refractivity contribution in [1.29, 1.82) is 0 Å². The second-order valence-electron chi connectivity index (χ2n) is 11.0. The van der Waals surface area contributed by atoms with Gasteiger partial charge in [-0.05, 0) is 66.2 Å². The zero-order valence-electron chi connectivity index (χ0n) is 24.6. The van der Waals surface area contributed by atoms with Gasteiger partial charge in [-0.2, -0.15) is 13.2 Å². The van der Waals surface area contributed by atoms with Crippen molar-refractivity contribution in [1.82, 2.24) is 5.32 Å². The summed E-state index contributed by atoms with van der Waals surface area (Å²) in [4.78, 5) is 15.3. The predicted molar refractivity (Wildman–Crippen MR) is 160 cm³/mol. The second-order valence-corrected chi connectivity index (χ2v) is 13.3. The third-order valence-electron chi connectivity index (χ3n) is 7.96. The molecule has 2 aliphatic rings. The number of rotatable bonds is 12. The van der Waals surface area contributed by atoms with E-state index in [0.29, 0.717) is 49.7 Å². The number of nitrogens with zero attached hydrogens (tertiary/aromatic N) is 1. The van der Waals surface area contributed by atoms with Crippen molar-refractivity contribution in [3.8, 4) is 5.75 Å². The molecule has 0 bridgehead atoms. The van der Waals surface area contributed by atoms with E-state index in [4.69, 9.17) is 14.2 Å². The van der Waals surface area contributed by atoms with E-state index in [-0.39, 0.29) is 35.5 Å². The van der Waals surface area contributed by atoms with Gasteiger partial charge in [0, 0.05) is 17.7 Å². The van der Waals surface area contributed by atoms with E-state index in [1.807, 2.05) is 0 Å². The largest absolute Gasteiger partial charge is 0.489 e. The first-order valence-corrected chi connectivity index (χ1v) is 16.3.